The Morgan fingerprint density at radius 1 is 1.09 bits per heavy atom. The molecule has 0 saturated carbocycles. The van der Waals surface area contributed by atoms with Crippen LogP contribution in [0.4, 0.5) is 0 Å². The van der Waals surface area contributed by atoms with Crippen molar-refractivity contribution < 1.29 is 4.74 Å². The Kier molecular flexibility index (Phi) is 7.48. The van der Waals surface area contributed by atoms with Gasteiger partial charge in [-0.2, -0.15) is 9.78 Å². The Hall–Kier alpha value is -2.67. The van der Waals surface area contributed by atoms with Crippen molar-refractivity contribution in [2.75, 3.05) is 0 Å². The van der Waals surface area contributed by atoms with Crippen LogP contribution in [0.5, 0.6) is 5.75 Å². The number of rotatable bonds is 7. The summed E-state index contributed by atoms with van der Waals surface area (Å²) >= 11 is 15.7. The normalized spacial score (nSPS) is 11.4. The highest BCUT2D eigenvalue weighted by Crippen LogP contribution is 2.26. The van der Waals surface area contributed by atoms with E-state index in [1.165, 1.54) is 4.68 Å². The molecule has 0 aliphatic heterocycles. The molecule has 4 aromatic rings. The Labute approximate surface area is 209 Å². The van der Waals surface area contributed by atoms with Crippen LogP contribution in [0.25, 0.3) is 10.9 Å². The van der Waals surface area contributed by atoms with E-state index in [0.29, 0.717) is 45.5 Å². The van der Waals surface area contributed by atoms with E-state index in [4.69, 9.17) is 27.9 Å². The fourth-order valence-electron chi connectivity index (χ4n) is 3.28. The van der Waals surface area contributed by atoms with Gasteiger partial charge in [-0.05, 0) is 66.1 Å². The molecule has 33 heavy (non-hydrogen) atoms. The quantitative estimate of drug-likeness (QED) is 0.238. The lowest BCUT2D eigenvalue weighted by Crippen LogP contribution is -2.22. The monoisotopic (exact) mass is 543 g/mol. The van der Waals surface area contributed by atoms with Crippen molar-refractivity contribution in [2.45, 2.75) is 26.4 Å². The van der Waals surface area contributed by atoms with E-state index in [-0.39, 0.29) is 5.56 Å². The lowest BCUT2D eigenvalue weighted by atomic mass is 10.2. The maximum absolute atomic E-state index is 13.1. The molecule has 0 bridgehead atoms. The molecule has 0 amide bonds. The van der Waals surface area contributed by atoms with Gasteiger partial charge in [0.15, 0.2) is 0 Å². The Balaban J connectivity index is 1.59. The summed E-state index contributed by atoms with van der Waals surface area (Å²) in [5.41, 5.74) is 2.17. The minimum Gasteiger partial charge on any atom is -0.487 e. The van der Waals surface area contributed by atoms with Crippen LogP contribution in [0.2, 0.25) is 10.0 Å². The predicted octanol–water partition coefficient (Wildman–Crippen LogP) is 6.88. The lowest BCUT2D eigenvalue weighted by Gasteiger charge is -2.10. The Morgan fingerprint density at radius 3 is 2.61 bits per heavy atom. The number of hydrogen-bond acceptors (Lipinski definition) is 4. The summed E-state index contributed by atoms with van der Waals surface area (Å²) in [7, 11) is 0. The lowest BCUT2D eigenvalue weighted by molar-refractivity contribution is 0.306. The second kappa shape index (κ2) is 10.5. The molecule has 0 fully saturated rings. The number of aromatic nitrogens is 2. The molecular formula is C25H20BrCl2N3O2. The number of nitrogens with zero attached hydrogens (tertiary/aromatic N) is 3. The summed E-state index contributed by atoms with van der Waals surface area (Å²) < 4.78 is 7.99. The van der Waals surface area contributed by atoms with Gasteiger partial charge in [0, 0.05) is 15.9 Å². The van der Waals surface area contributed by atoms with Gasteiger partial charge in [-0.1, -0.05) is 58.2 Å². The minimum atomic E-state index is -0.213. The third-order valence-electron chi connectivity index (χ3n) is 4.93. The second-order valence-corrected chi connectivity index (χ2v) is 9.17. The average molecular weight is 545 g/mol. The summed E-state index contributed by atoms with van der Waals surface area (Å²) in [6, 6.07) is 18.3. The van der Waals surface area contributed by atoms with E-state index in [0.717, 1.165) is 22.0 Å². The summed E-state index contributed by atoms with van der Waals surface area (Å²) in [5, 5.41) is 6.07. The van der Waals surface area contributed by atoms with Crippen LogP contribution in [0.3, 0.4) is 0 Å². The van der Waals surface area contributed by atoms with E-state index in [9.17, 15) is 4.79 Å². The van der Waals surface area contributed by atoms with E-state index >= 15 is 0 Å². The first-order valence-corrected chi connectivity index (χ1v) is 11.9. The zero-order valence-electron chi connectivity index (χ0n) is 17.8. The third kappa shape index (κ3) is 5.64. The SMILES string of the molecule is CCCc1nc2ccc(Br)cc2c(=O)n1N=Cc1ccc(OCc2ccc(Cl)cc2)c(Cl)c1. The molecule has 4 rings (SSSR count). The first kappa shape index (κ1) is 23.5. The van der Waals surface area contributed by atoms with Crippen molar-refractivity contribution in [3.05, 3.63) is 102 Å². The smallest absolute Gasteiger partial charge is 0.282 e. The van der Waals surface area contributed by atoms with Crippen molar-refractivity contribution in [3.8, 4) is 5.75 Å². The van der Waals surface area contributed by atoms with Gasteiger partial charge in [-0.25, -0.2) is 4.98 Å². The number of fused-ring (bicyclic) bond motifs is 1. The van der Waals surface area contributed by atoms with Crippen LogP contribution >= 0.6 is 39.1 Å². The molecule has 0 unspecified atom stereocenters. The van der Waals surface area contributed by atoms with Gasteiger partial charge in [0.1, 0.15) is 18.2 Å². The van der Waals surface area contributed by atoms with Gasteiger partial charge in [-0.3, -0.25) is 4.79 Å². The van der Waals surface area contributed by atoms with Crippen LogP contribution in [-0.2, 0) is 13.0 Å². The van der Waals surface area contributed by atoms with Crippen LogP contribution in [0.15, 0.2) is 75.0 Å². The molecule has 1 aromatic heterocycles. The topological polar surface area (TPSA) is 56.5 Å². The van der Waals surface area contributed by atoms with Crippen molar-refractivity contribution in [3.63, 3.8) is 0 Å². The summed E-state index contributed by atoms with van der Waals surface area (Å²) in [5.74, 6) is 1.17. The maximum atomic E-state index is 13.1. The highest BCUT2D eigenvalue weighted by molar-refractivity contribution is 9.10. The van der Waals surface area contributed by atoms with Gasteiger partial charge in [0.05, 0.1) is 22.1 Å². The fourth-order valence-corrected chi connectivity index (χ4v) is 4.01. The van der Waals surface area contributed by atoms with E-state index in [2.05, 4.69) is 26.0 Å². The van der Waals surface area contributed by atoms with Crippen LogP contribution in [-0.4, -0.2) is 15.9 Å². The molecule has 0 radical (unpaired) electrons. The predicted molar refractivity (Wildman–Crippen MR) is 138 cm³/mol. The molecule has 168 valence electrons. The molecule has 8 heteroatoms. The van der Waals surface area contributed by atoms with Gasteiger partial charge in [-0.15, -0.1) is 0 Å². The number of hydrogen-bond donors (Lipinski definition) is 0. The molecule has 1 heterocycles. The van der Waals surface area contributed by atoms with Crippen LogP contribution in [0, 0.1) is 0 Å². The number of ether oxygens (including phenoxy) is 1. The maximum Gasteiger partial charge on any atom is 0.282 e. The molecule has 0 saturated heterocycles. The summed E-state index contributed by atoms with van der Waals surface area (Å²) in [6.07, 6.45) is 3.08. The van der Waals surface area contributed by atoms with Gasteiger partial charge in [0.25, 0.3) is 5.56 Å². The number of benzene rings is 3. The Bertz CT molecular complexity index is 1390. The van der Waals surface area contributed by atoms with Crippen molar-refractivity contribution in [2.24, 2.45) is 5.10 Å². The highest BCUT2D eigenvalue weighted by atomic mass is 79.9. The Morgan fingerprint density at radius 2 is 1.88 bits per heavy atom. The number of halogens is 3. The van der Waals surface area contributed by atoms with Crippen molar-refractivity contribution in [1.29, 1.82) is 0 Å². The molecular weight excluding hydrogens is 525 g/mol. The standard InChI is InChI=1S/C25H20BrCl2N3O2/c1-2-3-24-30-22-10-7-18(26)13-20(22)25(32)31(24)29-14-17-6-11-23(21(28)12-17)33-15-16-4-8-19(27)9-5-16/h4-14H,2-3,15H2,1H3. The molecule has 0 N–H and O–H groups in total. The summed E-state index contributed by atoms with van der Waals surface area (Å²) in [4.78, 5) is 17.7. The summed E-state index contributed by atoms with van der Waals surface area (Å²) in [6.45, 7) is 2.41. The van der Waals surface area contributed by atoms with Crippen LogP contribution in [0.1, 0.15) is 30.3 Å². The van der Waals surface area contributed by atoms with Crippen molar-refractivity contribution in [1.82, 2.24) is 9.66 Å². The van der Waals surface area contributed by atoms with Crippen LogP contribution < -0.4 is 10.3 Å². The fraction of sp³-hybridized carbons (Fsp3) is 0.160. The van der Waals surface area contributed by atoms with Gasteiger partial charge < -0.3 is 4.74 Å². The number of aryl methyl sites for hydroxylation is 1. The van der Waals surface area contributed by atoms with Gasteiger partial charge >= 0.3 is 0 Å². The van der Waals surface area contributed by atoms with Gasteiger partial charge in [0.2, 0.25) is 0 Å². The zero-order valence-corrected chi connectivity index (χ0v) is 20.9. The molecule has 0 atom stereocenters. The minimum absolute atomic E-state index is 0.213. The third-order valence-corrected chi connectivity index (χ3v) is 5.98. The second-order valence-electron chi connectivity index (χ2n) is 7.41. The van der Waals surface area contributed by atoms with E-state index in [1.807, 2.05) is 49.4 Å². The molecule has 0 spiro atoms. The molecule has 0 aliphatic carbocycles. The molecule has 0 aliphatic rings. The first-order chi connectivity index (χ1) is 15.9. The largest absolute Gasteiger partial charge is 0.487 e. The molecule has 3 aromatic carbocycles. The van der Waals surface area contributed by atoms with E-state index < -0.39 is 0 Å². The zero-order chi connectivity index (χ0) is 23.4. The average Bonchev–Trinajstić information content (AvgIpc) is 2.80. The highest BCUT2D eigenvalue weighted by Gasteiger charge is 2.11. The first-order valence-electron chi connectivity index (χ1n) is 10.4. The van der Waals surface area contributed by atoms with Crippen molar-refractivity contribution >= 4 is 56.2 Å². The van der Waals surface area contributed by atoms with E-state index in [1.54, 1.807) is 24.4 Å². The molecule has 5 nitrogen and oxygen atoms in total.